The first kappa shape index (κ1) is 13.6. The highest BCUT2D eigenvalue weighted by Crippen LogP contribution is 2.54. The van der Waals surface area contributed by atoms with Gasteiger partial charge in [-0.1, -0.05) is 59.9 Å². The van der Waals surface area contributed by atoms with E-state index in [2.05, 4.69) is 62.4 Å². The van der Waals surface area contributed by atoms with Gasteiger partial charge in [0.05, 0.1) is 6.10 Å². The SMILES string of the molecule is CC(C)OP(Sc1ccccc1)c1ccccc1. The molecule has 3 heteroatoms. The Morgan fingerprint density at radius 2 is 1.44 bits per heavy atom. The summed E-state index contributed by atoms with van der Waals surface area (Å²) in [5.41, 5.74) is 0. The second-order valence-corrected chi connectivity index (χ2v) is 7.59. The van der Waals surface area contributed by atoms with Crippen LogP contribution in [0.15, 0.2) is 65.6 Å². The minimum absolute atomic E-state index is 0.243. The molecule has 0 aliphatic heterocycles. The predicted molar refractivity (Wildman–Crippen MR) is 81.5 cm³/mol. The van der Waals surface area contributed by atoms with Crippen molar-refractivity contribution in [3.8, 4) is 0 Å². The van der Waals surface area contributed by atoms with E-state index >= 15 is 0 Å². The van der Waals surface area contributed by atoms with Gasteiger partial charge in [0.25, 0.3) is 0 Å². The summed E-state index contributed by atoms with van der Waals surface area (Å²) in [6.45, 7) is 4.17. The van der Waals surface area contributed by atoms with E-state index in [0.29, 0.717) is 0 Å². The van der Waals surface area contributed by atoms with Crippen LogP contribution in [0, 0.1) is 0 Å². The summed E-state index contributed by atoms with van der Waals surface area (Å²) < 4.78 is 6.07. The Morgan fingerprint density at radius 3 is 2.00 bits per heavy atom. The molecule has 0 amide bonds. The Kier molecular flexibility index (Phi) is 5.25. The molecule has 0 fully saturated rings. The largest absolute Gasteiger partial charge is 0.341 e. The fourth-order valence-corrected chi connectivity index (χ4v) is 5.26. The zero-order valence-corrected chi connectivity index (χ0v) is 12.3. The molecule has 94 valence electrons. The quantitative estimate of drug-likeness (QED) is 0.723. The molecule has 2 rings (SSSR count). The highest BCUT2D eigenvalue weighted by Gasteiger charge is 2.15. The molecule has 2 aromatic rings. The second kappa shape index (κ2) is 6.94. The van der Waals surface area contributed by atoms with Gasteiger partial charge >= 0.3 is 0 Å². The highest BCUT2D eigenvalue weighted by atomic mass is 32.7. The molecule has 0 aliphatic rings. The van der Waals surface area contributed by atoms with E-state index in [1.165, 1.54) is 10.2 Å². The average molecular weight is 276 g/mol. The summed E-state index contributed by atoms with van der Waals surface area (Å²) in [5.74, 6) is 0. The van der Waals surface area contributed by atoms with E-state index < -0.39 is 7.35 Å². The van der Waals surface area contributed by atoms with Gasteiger partial charge in [-0.15, -0.1) is 0 Å². The minimum atomic E-state index is -0.655. The molecule has 0 N–H and O–H groups in total. The zero-order chi connectivity index (χ0) is 12.8. The van der Waals surface area contributed by atoms with E-state index in [1.807, 2.05) is 23.5 Å². The molecule has 2 aromatic carbocycles. The van der Waals surface area contributed by atoms with Gasteiger partial charge in [0.2, 0.25) is 0 Å². The van der Waals surface area contributed by atoms with Crippen molar-refractivity contribution in [3.63, 3.8) is 0 Å². The summed E-state index contributed by atoms with van der Waals surface area (Å²) >= 11 is 1.81. The molecular weight excluding hydrogens is 259 g/mol. The van der Waals surface area contributed by atoms with Gasteiger partial charge < -0.3 is 4.52 Å². The summed E-state index contributed by atoms with van der Waals surface area (Å²) in [6, 6.07) is 20.9. The van der Waals surface area contributed by atoms with E-state index in [9.17, 15) is 0 Å². The van der Waals surface area contributed by atoms with Crippen molar-refractivity contribution in [3.05, 3.63) is 60.7 Å². The lowest BCUT2D eigenvalue weighted by Gasteiger charge is -2.19. The molecule has 0 radical (unpaired) electrons. The van der Waals surface area contributed by atoms with Crippen molar-refractivity contribution in [2.45, 2.75) is 24.8 Å². The second-order valence-electron chi connectivity index (χ2n) is 4.15. The maximum Gasteiger partial charge on any atom is 0.126 e. The first-order valence-corrected chi connectivity index (χ1v) is 8.69. The average Bonchev–Trinajstić information content (AvgIpc) is 2.40. The predicted octanol–water partition coefficient (Wildman–Crippen LogP) is 4.84. The Morgan fingerprint density at radius 1 is 0.889 bits per heavy atom. The minimum Gasteiger partial charge on any atom is -0.341 e. The molecule has 1 unspecified atom stereocenters. The first-order valence-electron chi connectivity index (χ1n) is 6.00. The molecule has 0 aromatic heterocycles. The first-order chi connectivity index (χ1) is 8.75. The van der Waals surface area contributed by atoms with Crippen molar-refractivity contribution in [1.29, 1.82) is 0 Å². The number of hydrogen-bond donors (Lipinski definition) is 0. The zero-order valence-electron chi connectivity index (χ0n) is 10.6. The van der Waals surface area contributed by atoms with Crippen LogP contribution < -0.4 is 5.30 Å². The molecule has 0 bridgehead atoms. The van der Waals surface area contributed by atoms with Crippen LogP contribution in [0.3, 0.4) is 0 Å². The summed E-state index contributed by atoms with van der Waals surface area (Å²) in [4.78, 5) is 1.26. The Bertz CT molecular complexity index is 458. The Hall–Kier alpha value is -0.820. The van der Waals surface area contributed by atoms with Crippen molar-refractivity contribution in [2.75, 3.05) is 0 Å². The molecule has 0 aliphatic carbocycles. The van der Waals surface area contributed by atoms with Crippen LogP contribution in [-0.4, -0.2) is 6.10 Å². The van der Waals surface area contributed by atoms with Crippen LogP contribution in [-0.2, 0) is 4.52 Å². The summed E-state index contributed by atoms with van der Waals surface area (Å²) in [7, 11) is -0.655. The third-order valence-electron chi connectivity index (χ3n) is 2.21. The van der Waals surface area contributed by atoms with Crippen molar-refractivity contribution in [2.24, 2.45) is 0 Å². The van der Waals surface area contributed by atoms with Crippen molar-refractivity contribution >= 4 is 24.0 Å². The van der Waals surface area contributed by atoms with Gasteiger partial charge in [0.1, 0.15) is 7.35 Å². The molecule has 1 atom stereocenters. The molecule has 18 heavy (non-hydrogen) atoms. The molecule has 0 spiro atoms. The lowest BCUT2D eigenvalue weighted by atomic mass is 10.4. The molecule has 0 saturated carbocycles. The maximum absolute atomic E-state index is 6.07. The molecule has 0 heterocycles. The Labute approximate surface area is 114 Å². The van der Waals surface area contributed by atoms with Crippen LogP contribution in [0.2, 0.25) is 0 Å². The monoisotopic (exact) mass is 276 g/mol. The van der Waals surface area contributed by atoms with E-state index in [0.717, 1.165) is 0 Å². The lowest BCUT2D eigenvalue weighted by molar-refractivity contribution is 0.280. The van der Waals surface area contributed by atoms with Crippen LogP contribution in [0.1, 0.15) is 13.8 Å². The van der Waals surface area contributed by atoms with Gasteiger partial charge in [0, 0.05) is 10.2 Å². The normalized spacial score (nSPS) is 12.6. The smallest absolute Gasteiger partial charge is 0.126 e. The van der Waals surface area contributed by atoms with Gasteiger partial charge in [0.15, 0.2) is 0 Å². The van der Waals surface area contributed by atoms with E-state index in [4.69, 9.17) is 4.52 Å². The van der Waals surface area contributed by atoms with Crippen molar-refractivity contribution in [1.82, 2.24) is 0 Å². The number of rotatable bonds is 5. The fourth-order valence-electron chi connectivity index (χ4n) is 1.45. The van der Waals surface area contributed by atoms with Crippen LogP contribution in [0.4, 0.5) is 0 Å². The van der Waals surface area contributed by atoms with E-state index in [-0.39, 0.29) is 6.10 Å². The Balaban J connectivity index is 2.16. The van der Waals surface area contributed by atoms with Crippen molar-refractivity contribution < 1.29 is 4.52 Å². The molecule has 1 nitrogen and oxygen atoms in total. The maximum atomic E-state index is 6.07. The number of hydrogen-bond acceptors (Lipinski definition) is 2. The summed E-state index contributed by atoms with van der Waals surface area (Å²) in [5, 5.41) is 1.27. The van der Waals surface area contributed by atoms with Gasteiger partial charge in [-0.2, -0.15) is 0 Å². The topological polar surface area (TPSA) is 9.23 Å². The third-order valence-corrected chi connectivity index (χ3v) is 6.21. The van der Waals surface area contributed by atoms with Crippen LogP contribution in [0.5, 0.6) is 0 Å². The lowest BCUT2D eigenvalue weighted by Crippen LogP contribution is -2.05. The van der Waals surface area contributed by atoms with Gasteiger partial charge in [-0.05, 0) is 26.0 Å². The summed E-state index contributed by atoms with van der Waals surface area (Å²) in [6.07, 6.45) is 0.243. The third kappa shape index (κ3) is 4.13. The van der Waals surface area contributed by atoms with Crippen LogP contribution in [0.25, 0.3) is 0 Å². The molecular formula is C15H17OPS. The van der Waals surface area contributed by atoms with Gasteiger partial charge in [-0.25, -0.2) is 0 Å². The van der Waals surface area contributed by atoms with Crippen LogP contribution >= 0.6 is 18.7 Å². The number of benzene rings is 2. The highest BCUT2D eigenvalue weighted by molar-refractivity contribution is 8.56. The van der Waals surface area contributed by atoms with Gasteiger partial charge in [-0.3, -0.25) is 0 Å². The molecule has 0 saturated heterocycles. The fraction of sp³-hybridized carbons (Fsp3) is 0.200. The standard InChI is InChI=1S/C15H17OPS/c1-13(2)16-17(14-9-5-3-6-10-14)18-15-11-7-4-8-12-15/h3-13H,1-2H3. The van der Waals surface area contributed by atoms with E-state index in [1.54, 1.807) is 0 Å².